The van der Waals surface area contributed by atoms with Crippen molar-refractivity contribution in [2.24, 2.45) is 0 Å². The minimum Gasteiger partial charge on any atom is -0.378 e. The fourth-order valence-corrected chi connectivity index (χ4v) is 1.74. The van der Waals surface area contributed by atoms with Gasteiger partial charge in [-0.3, -0.25) is 0 Å². The van der Waals surface area contributed by atoms with Crippen molar-refractivity contribution < 1.29 is 0 Å². The minimum absolute atomic E-state index is 0.601. The zero-order valence-corrected chi connectivity index (χ0v) is 12.2. The van der Waals surface area contributed by atoms with Crippen molar-refractivity contribution >= 4 is 23.1 Å². The van der Waals surface area contributed by atoms with Crippen LogP contribution in [0.5, 0.6) is 0 Å². The molecule has 1 heterocycles. The maximum Gasteiger partial charge on any atom is 0.229 e. The molecule has 5 heteroatoms. The Morgan fingerprint density at radius 2 is 1.85 bits per heavy atom. The second-order valence-corrected chi connectivity index (χ2v) is 4.76. The van der Waals surface area contributed by atoms with Crippen molar-refractivity contribution in [3.05, 3.63) is 36.5 Å². The number of hydrogen-bond donors (Lipinski definition) is 2. The van der Waals surface area contributed by atoms with Crippen LogP contribution >= 0.6 is 0 Å². The lowest BCUT2D eigenvalue weighted by atomic mass is 10.2. The van der Waals surface area contributed by atoms with Gasteiger partial charge in [0.2, 0.25) is 5.95 Å². The van der Waals surface area contributed by atoms with Crippen molar-refractivity contribution in [1.29, 1.82) is 0 Å². The van der Waals surface area contributed by atoms with Gasteiger partial charge in [-0.1, -0.05) is 6.92 Å². The largest absolute Gasteiger partial charge is 0.378 e. The highest BCUT2D eigenvalue weighted by Gasteiger charge is 2.00. The molecule has 1 aromatic carbocycles. The number of hydrogen-bond acceptors (Lipinski definition) is 5. The molecular formula is C15H21N5. The van der Waals surface area contributed by atoms with E-state index < -0.39 is 0 Å². The molecule has 0 radical (unpaired) electrons. The molecule has 2 aromatic rings. The number of benzene rings is 1. The summed E-state index contributed by atoms with van der Waals surface area (Å²) in [6.07, 6.45) is 2.82. The molecule has 0 spiro atoms. The van der Waals surface area contributed by atoms with E-state index >= 15 is 0 Å². The van der Waals surface area contributed by atoms with Crippen LogP contribution in [0.4, 0.5) is 23.1 Å². The maximum absolute atomic E-state index is 4.42. The number of rotatable bonds is 6. The van der Waals surface area contributed by atoms with E-state index in [1.165, 1.54) is 0 Å². The third-order valence-corrected chi connectivity index (χ3v) is 2.85. The van der Waals surface area contributed by atoms with Crippen molar-refractivity contribution in [3.8, 4) is 0 Å². The Kier molecular flexibility index (Phi) is 4.76. The third-order valence-electron chi connectivity index (χ3n) is 2.85. The molecule has 5 nitrogen and oxygen atoms in total. The van der Waals surface area contributed by atoms with Gasteiger partial charge in [0.05, 0.1) is 0 Å². The van der Waals surface area contributed by atoms with Gasteiger partial charge in [0.15, 0.2) is 0 Å². The van der Waals surface area contributed by atoms with Crippen LogP contribution in [0, 0.1) is 0 Å². The SMILES string of the molecule is CCCNc1ccnc(Nc2ccc(N(C)C)cc2)n1. The third kappa shape index (κ3) is 3.85. The smallest absolute Gasteiger partial charge is 0.229 e. The van der Waals surface area contributed by atoms with E-state index in [9.17, 15) is 0 Å². The summed E-state index contributed by atoms with van der Waals surface area (Å²) in [5, 5.41) is 6.45. The first-order chi connectivity index (χ1) is 9.69. The number of nitrogens with zero attached hydrogens (tertiary/aromatic N) is 3. The highest BCUT2D eigenvalue weighted by molar-refractivity contribution is 5.59. The normalized spacial score (nSPS) is 10.2. The number of nitrogens with one attached hydrogen (secondary N) is 2. The molecule has 1 aromatic heterocycles. The monoisotopic (exact) mass is 271 g/mol. The molecule has 0 unspecified atom stereocenters. The van der Waals surface area contributed by atoms with Crippen LogP contribution in [-0.2, 0) is 0 Å². The average molecular weight is 271 g/mol. The first-order valence-electron chi connectivity index (χ1n) is 6.80. The first-order valence-corrected chi connectivity index (χ1v) is 6.80. The average Bonchev–Trinajstić information content (AvgIpc) is 2.46. The van der Waals surface area contributed by atoms with Gasteiger partial charge in [0.1, 0.15) is 5.82 Å². The van der Waals surface area contributed by atoms with Crippen LogP contribution in [0.25, 0.3) is 0 Å². The highest BCUT2D eigenvalue weighted by Crippen LogP contribution is 2.18. The van der Waals surface area contributed by atoms with Crippen LogP contribution in [0.2, 0.25) is 0 Å². The standard InChI is InChI=1S/C15H21N5/c1-4-10-16-14-9-11-17-15(19-14)18-12-5-7-13(8-6-12)20(2)3/h5-9,11H,4,10H2,1-3H3,(H2,16,17,18,19). The van der Waals surface area contributed by atoms with Crippen molar-refractivity contribution in [3.63, 3.8) is 0 Å². The fourth-order valence-electron chi connectivity index (χ4n) is 1.74. The van der Waals surface area contributed by atoms with Crippen molar-refractivity contribution in [2.75, 3.05) is 36.2 Å². The van der Waals surface area contributed by atoms with E-state index in [1.54, 1.807) is 6.20 Å². The molecule has 0 saturated heterocycles. The summed E-state index contributed by atoms with van der Waals surface area (Å²) in [6.45, 7) is 3.04. The van der Waals surface area contributed by atoms with Crippen LogP contribution in [0.1, 0.15) is 13.3 Å². The van der Waals surface area contributed by atoms with Crippen molar-refractivity contribution in [1.82, 2.24) is 9.97 Å². The second-order valence-electron chi connectivity index (χ2n) is 4.76. The van der Waals surface area contributed by atoms with E-state index in [-0.39, 0.29) is 0 Å². The van der Waals surface area contributed by atoms with Gasteiger partial charge < -0.3 is 15.5 Å². The lowest BCUT2D eigenvalue weighted by Crippen LogP contribution is -2.08. The van der Waals surface area contributed by atoms with E-state index in [4.69, 9.17) is 0 Å². The molecule has 0 amide bonds. The summed E-state index contributed by atoms with van der Waals surface area (Å²) in [7, 11) is 4.04. The molecule has 2 rings (SSSR count). The van der Waals surface area contributed by atoms with Crippen molar-refractivity contribution in [2.45, 2.75) is 13.3 Å². The van der Waals surface area contributed by atoms with Gasteiger partial charge in [0.25, 0.3) is 0 Å². The van der Waals surface area contributed by atoms with Gasteiger partial charge in [-0.15, -0.1) is 0 Å². The van der Waals surface area contributed by atoms with Gasteiger partial charge >= 0.3 is 0 Å². The fraction of sp³-hybridized carbons (Fsp3) is 0.333. The maximum atomic E-state index is 4.42. The molecule has 0 bridgehead atoms. The van der Waals surface area contributed by atoms with Gasteiger partial charge in [0, 0.05) is 38.2 Å². The highest BCUT2D eigenvalue weighted by atomic mass is 15.1. The van der Waals surface area contributed by atoms with Gasteiger partial charge in [-0.2, -0.15) is 4.98 Å². The van der Waals surface area contributed by atoms with E-state index in [0.717, 1.165) is 30.2 Å². The Balaban J connectivity index is 2.05. The molecule has 20 heavy (non-hydrogen) atoms. The molecule has 0 aliphatic rings. The Hall–Kier alpha value is -2.30. The molecule has 0 aliphatic carbocycles. The zero-order chi connectivity index (χ0) is 14.4. The molecule has 0 fully saturated rings. The summed E-state index contributed by atoms with van der Waals surface area (Å²) >= 11 is 0. The molecule has 0 saturated carbocycles. The zero-order valence-electron chi connectivity index (χ0n) is 12.2. The molecule has 106 valence electrons. The van der Waals surface area contributed by atoms with Gasteiger partial charge in [-0.05, 0) is 36.8 Å². The van der Waals surface area contributed by atoms with E-state index in [0.29, 0.717) is 5.95 Å². The summed E-state index contributed by atoms with van der Waals surface area (Å²) < 4.78 is 0. The lowest BCUT2D eigenvalue weighted by Gasteiger charge is -2.13. The van der Waals surface area contributed by atoms with E-state index in [2.05, 4.69) is 44.6 Å². The summed E-state index contributed by atoms with van der Waals surface area (Å²) in [5.74, 6) is 1.44. The van der Waals surface area contributed by atoms with Crippen LogP contribution in [0.15, 0.2) is 36.5 Å². The number of aromatic nitrogens is 2. The number of anilines is 4. The Labute approximate surface area is 120 Å². The minimum atomic E-state index is 0.601. The van der Waals surface area contributed by atoms with Crippen LogP contribution < -0.4 is 15.5 Å². The quantitative estimate of drug-likeness (QED) is 0.845. The molecule has 2 N–H and O–H groups in total. The second kappa shape index (κ2) is 6.75. The lowest BCUT2D eigenvalue weighted by molar-refractivity contribution is 0.966. The summed E-state index contributed by atoms with van der Waals surface area (Å²) in [4.78, 5) is 10.7. The first kappa shape index (κ1) is 14.1. The molecule has 0 aliphatic heterocycles. The Bertz CT molecular complexity index is 536. The topological polar surface area (TPSA) is 53.1 Å². The predicted octanol–water partition coefficient (Wildman–Crippen LogP) is 3.11. The van der Waals surface area contributed by atoms with E-state index in [1.807, 2.05) is 32.3 Å². The van der Waals surface area contributed by atoms with Crippen LogP contribution in [-0.4, -0.2) is 30.6 Å². The Morgan fingerprint density at radius 3 is 2.50 bits per heavy atom. The summed E-state index contributed by atoms with van der Waals surface area (Å²) in [6, 6.07) is 10.0. The van der Waals surface area contributed by atoms with Gasteiger partial charge in [-0.25, -0.2) is 4.98 Å². The molecule has 0 atom stereocenters. The van der Waals surface area contributed by atoms with Crippen LogP contribution in [0.3, 0.4) is 0 Å². The predicted molar refractivity (Wildman–Crippen MR) is 84.9 cm³/mol. The Morgan fingerprint density at radius 1 is 1.10 bits per heavy atom. The molecular weight excluding hydrogens is 250 g/mol. The summed E-state index contributed by atoms with van der Waals surface area (Å²) in [5.41, 5.74) is 2.14.